The molecule has 2 N–H and O–H groups in total. The number of carbonyl (C=O) groups is 1. The number of hydrogen-bond donors (Lipinski definition) is 2. The van der Waals surface area contributed by atoms with E-state index < -0.39 is 0 Å². The highest BCUT2D eigenvalue weighted by Crippen LogP contribution is 2.36. The number of fused-ring (bicyclic) bond motifs is 1. The van der Waals surface area contributed by atoms with Crippen molar-refractivity contribution < 1.29 is 14.6 Å². The van der Waals surface area contributed by atoms with Gasteiger partial charge in [0.25, 0.3) is 0 Å². The van der Waals surface area contributed by atoms with Crippen LogP contribution in [0.4, 0.5) is 5.69 Å². The molecule has 0 unspecified atom stereocenters. The molecule has 0 spiro atoms. The fourth-order valence-electron chi connectivity index (χ4n) is 3.36. The first-order valence-electron chi connectivity index (χ1n) is 9.67. The first-order chi connectivity index (χ1) is 14.7. The van der Waals surface area contributed by atoms with Crippen LogP contribution in [0.2, 0.25) is 0 Å². The second kappa shape index (κ2) is 8.61. The summed E-state index contributed by atoms with van der Waals surface area (Å²) in [5, 5.41) is 15.3. The Morgan fingerprint density at radius 1 is 1.03 bits per heavy atom. The number of esters is 1. The third kappa shape index (κ3) is 3.93. The molecule has 0 saturated heterocycles. The first kappa shape index (κ1) is 19.4. The molecule has 4 rings (SSSR count). The summed E-state index contributed by atoms with van der Waals surface area (Å²) < 4.78 is 5.04. The Hall–Kier alpha value is -3.93. The van der Waals surface area contributed by atoms with Gasteiger partial charge in [-0.2, -0.15) is 0 Å². The summed E-state index contributed by atoms with van der Waals surface area (Å²) in [6.07, 6.45) is 5.09. The molecule has 0 saturated carbocycles. The second-order valence-electron chi connectivity index (χ2n) is 6.73. The number of carbonyl (C=O) groups excluding carboxylic acids is 1. The number of hydrogen-bond acceptors (Lipinski definition) is 6. The maximum absolute atomic E-state index is 11.9. The van der Waals surface area contributed by atoms with Gasteiger partial charge in [-0.25, -0.2) is 4.79 Å². The Bertz CT molecular complexity index is 1160. The minimum absolute atomic E-state index is 0.130. The summed E-state index contributed by atoms with van der Waals surface area (Å²) in [7, 11) is 0. The van der Waals surface area contributed by atoms with Crippen molar-refractivity contribution in [1.82, 2.24) is 9.97 Å². The summed E-state index contributed by atoms with van der Waals surface area (Å²) in [5.74, 6) is -0.224. The van der Waals surface area contributed by atoms with Crippen LogP contribution in [-0.4, -0.2) is 27.7 Å². The molecule has 0 aliphatic heterocycles. The fourth-order valence-corrected chi connectivity index (χ4v) is 3.36. The van der Waals surface area contributed by atoms with E-state index in [1.54, 1.807) is 37.6 Å². The number of nitrogens with one attached hydrogen (secondary N) is 1. The zero-order valence-electron chi connectivity index (χ0n) is 16.4. The van der Waals surface area contributed by atoms with Crippen LogP contribution in [0.15, 0.2) is 79.3 Å². The van der Waals surface area contributed by atoms with Crippen LogP contribution >= 0.6 is 0 Å². The lowest BCUT2D eigenvalue weighted by Crippen LogP contribution is -2.13. The zero-order valence-corrected chi connectivity index (χ0v) is 16.4. The van der Waals surface area contributed by atoms with Crippen molar-refractivity contribution in [3.05, 3.63) is 95.9 Å². The maximum atomic E-state index is 11.9. The van der Waals surface area contributed by atoms with E-state index in [-0.39, 0.29) is 17.8 Å². The van der Waals surface area contributed by atoms with Gasteiger partial charge in [-0.15, -0.1) is 0 Å². The molecule has 0 aliphatic rings. The highest BCUT2D eigenvalue weighted by atomic mass is 16.5. The van der Waals surface area contributed by atoms with Crippen molar-refractivity contribution in [3.63, 3.8) is 0 Å². The quantitative estimate of drug-likeness (QED) is 0.457. The smallest absolute Gasteiger partial charge is 0.338 e. The van der Waals surface area contributed by atoms with Gasteiger partial charge >= 0.3 is 5.97 Å². The van der Waals surface area contributed by atoms with Crippen LogP contribution in [0.3, 0.4) is 0 Å². The molecule has 30 heavy (non-hydrogen) atoms. The Morgan fingerprint density at radius 2 is 1.80 bits per heavy atom. The fraction of sp³-hybridized carbons (Fsp3) is 0.125. The zero-order chi connectivity index (χ0) is 20.9. The summed E-state index contributed by atoms with van der Waals surface area (Å²) in [6.45, 7) is 2.11. The van der Waals surface area contributed by atoms with Crippen LogP contribution in [-0.2, 0) is 4.74 Å². The molecule has 150 valence electrons. The molecule has 1 atom stereocenters. The highest BCUT2D eigenvalue weighted by molar-refractivity contribution is 5.90. The van der Waals surface area contributed by atoms with Crippen LogP contribution in [0.1, 0.15) is 34.5 Å². The predicted molar refractivity (Wildman–Crippen MR) is 116 cm³/mol. The minimum atomic E-state index is -0.354. The molecule has 0 amide bonds. The van der Waals surface area contributed by atoms with E-state index >= 15 is 0 Å². The van der Waals surface area contributed by atoms with Gasteiger partial charge in [-0.05, 0) is 55.0 Å². The average Bonchev–Trinajstić information content (AvgIpc) is 2.79. The number of aromatic hydroxyl groups is 1. The monoisotopic (exact) mass is 399 g/mol. The number of benzene rings is 2. The molecule has 0 radical (unpaired) electrons. The van der Waals surface area contributed by atoms with Gasteiger partial charge in [-0.3, -0.25) is 9.97 Å². The minimum Gasteiger partial charge on any atom is -0.505 e. The molecule has 6 nitrogen and oxygen atoms in total. The first-order valence-corrected chi connectivity index (χ1v) is 9.67. The van der Waals surface area contributed by atoms with E-state index in [1.165, 1.54) is 0 Å². The van der Waals surface area contributed by atoms with Crippen molar-refractivity contribution >= 4 is 22.6 Å². The Kier molecular flexibility index (Phi) is 5.57. The number of ether oxygens (including phenoxy) is 1. The Labute approximate surface area is 174 Å². The van der Waals surface area contributed by atoms with Crippen molar-refractivity contribution in [2.75, 3.05) is 11.9 Å². The van der Waals surface area contributed by atoms with E-state index in [9.17, 15) is 9.90 Å². The van der Waals surface area contributed by atoms with Crippen LogP contribution in [0.5, 0.6) is 5.75 Å². The molecule has 0 bridgehead atoms. The van der Waals surface area contributed by atoms with E-state index in [0.29, 0.717) is 23.3 Å². The number of rotatable bonds is 6. The second-order valence-corrected chi connectivity index (χ2v) is 6.73. The molecule has 0 aliphatic carbocycles. The van der Waals surface area contributed by atoms with Crippen LogP contribution < -0.4 is 5.32 Å². The van der Waals surface area contributed by atoms with Gasteiger partial charge in [0.2, 0.25) is 0 Å². The Morgan fingerprint density at radius 3 is 2.53 bits per heavy atom. The van der Waals surface area contributed by atoms with Gasteiger partial charge in [0.05, 0.1) is 18.2 Å². The largest absolute Gasteiger partial charge is 0.505 e. The number of nitrogens with zero attached hydrogens (tertiary/aromatic N) is 2. The van der Waals surface area contributed by atoms with Crippen molar-refractivity contribution in [3.8, 4) is 5.75 Å². The number of pyridine rings is 2. The van der Waals surface area contributed by atoms with E-state index in [0.717, 1.165) is 16.6 Å². The van der Waals surface area contributed by atoms with E-state index in [4.69, 9.17) is 4.74 Å². The lowest BCUT2D eigenvalue weighted by molar-refractivity contribution is 0.0526. The Balaban J connectivity index is 1.72. The molecule has 6 heteroatoms. The van der Waals surface area contributed by atoms with Crippen molar-refractivity contribution in [1.29, 1.82) is 0 Å². The molecule has 2 aromatic carbocycles. The SMILES string of the molecule is CCOC(=O)c1ccc(N[C@H](c2ccncc2)c2ccc3cccnc3c2O)cc1. The number of anilines is 1. The summed E-state index contributed by atoms with van der Waals surface area (Å²) in [4.78, 5) is 20.3. The number of phenols is 1. The summed E-state index contributed by atoms with van der Waals surface area (Å²) >= 11 is 0. The van der Waals surface area contributed by atoms with Gasteiger partial charge in [0.1, 0.15) is 11.3 Å². The average molecular weight is 399 g/mol. The van der Waals surface area contributed by atoms with Crippen LogP contribution in [0, 0.1) is 0 Å². The highest BCUT2D eigenvalue weighted by Gasteiger charge is 2.20. The lowest BCUT2D eigenvalue weighted by atomic mass is 9.96. The normalized spacial score (nSPS) is 11.8. The standard InChI is InChI=1S/C24H21N3O3/c1-2-30-24(29)18-5-8-19(9-6-18)27-21(17-11-14-25-15-12-17)20-10-7-16-4-3-13-26-22(16)23(20)28/h3-15,21,27-28H,2H2,1H3/t21-/m1/s1. The number of aromatic nitrogens is 2. The van der Waals surface area contributed by atoms with Gasteiger partial charge < -0.3 is 15.2 Å². The van der Waals surface area contributed by atoms with Crippen molar-refractivity contribution in [2.24, 2.45) is 0 Å². The maximum Gasteiger partial charge on any atom is 0.338 e. The third-order valence-corrected chi connectivity index (χ3v) is 4.84. The molecule has 0 fully saturated rings. The molecular weight excluding hydrogens is 378 g/mol. The predicted octanol–water partition coefficient (Wildman–Crippen LogP) is 4.71. The molecular formula is C24H21N3O3. The lowest BCUT2D eigenvalue weighted by Gasteiger charge is -2.22. The molecule has 2 heterocycles. The molecule has 2 aromatic heterocycles. The van der Waals surface area contributed by atoms with Gasteiger partial charge in [0.15, 0.2) is 0 Å². The van der Waals surface area contributed by atoms with E-state index in [1.807, 2.05) is 48.5 Å². The number of phenolic OH excluding ortho intramolecular Hbond substituents is 1. The summed E-state index contributed by atoms with van der Waals surface area (Å²) in [6, 6.07) is 18.1. The van der Waals surface area contributed by atoms with E-state index in [2.05, 4.69) is 15.3 Å². The van der Waals surface area contributed by atoms with Gasteiger partial charge in [-0.1, -0.05) is 18.2 Å². The van der Waals surface area contributed by atoms with Crippen LogP contribution in [0.25, 0.3) is 10.9 Å². The third-order valence-electron chi connectivity index (χ3n) is 4.84. The van der Waals surface area contributed by atoms with Gasteiger partial charge in [0, 0.05) is 35.2 Å². The van der Waals surface area contributed by atoms with Crippen molar-refractivity contribution in [2.45, 2.75) is 13.0 Å². The topological polar surface area (TPSA) is 84.3 Å². The summed E-state index contributed by atoms with van der Waals surface area (Å²) in [5.41, 5.74) is 3.46. The molecule has 4 aromatic rings.